The molecule has 0 atom stereocenters. The zero-order chi connectivity index (χ0) is 17.6. The number of aromatic nitrogens is 1. The van der Waals surface area contributed by atoms with Crippen LogP contribution in [-0.2, 0) is 6.61 Å². The quantitative estimate of drug-likeness (QED) is 0.769. The third-order valence-corrected chi connectivity index (χ3v) is 3.46. The van der Waals surface area contributed by atoms with Crippen molar-refractivity contribution in [2.75, 3.05) is 5.32 Å². The molecule has 0 aliphatic heterocycles. The van der Waals surface area contributed by atoms with Crippen LogP contribution < -0.4 is 10.1 Å². The number of nitrogens with one attached hydrogen (secondary N) is 1. The van der Waals surface area contributed by atoms with E-state index in [0.717, 1.165) is 5.56 Å². The summed E-state index contributed by atoms with van der Waals surface area (Å²) in [4.78, 5) is 16.5. The van der Waals surface area contributed by atoms with Crippen molar-refractivity contribution in [1.29, 1.82) is 5.26 Å². The summed E-state index contributed by atoms with van der Waals surface area (Å²) in [5.41, 5.74) is 2.12. The van der Waals surface area contributed by atoms with Gasteiger partial charge in [0.05, 0.1) is 17.9 Å². The molecule has 1 N–H and O–H groups in total. The molecule has 0 spiro atoms. The molecule has 0 aliphatic carbocycles. The summed E-state index contributed by atoms with van der Waals surface area (Å²) in [5, 5.41) is 11.6. The van der Waals surface area contributed by atoms with Crippen LogP contribution in [0.15, 0.2) is 59.3 Å². The van der Waals surface area contributed by atoms with E-state index in [1.165, 1.54) is 6.26 Å². The number of hydrogen-bond acceptors (Lipinski definition) is 5. The van der Waals surface area contributed by atoms with Crippen LogP contribution in [0.3, 0.4) is 0 Å². The number of furan rings is 1. The predicted molar refractivity (Wildman–Crippen MR) is 91.1 cm³/mol. The highest BCUT2D eigenvalue weighted by Crippen LogP contribution is 2.18. The number of amides is 1. The standard InChI is InChI=1S/C19H15N3O3/c1-13-5-6-17(21-11-13)22-19(23)18-15(7-8-24-18)12-25-16-4-2-3-14(9-16)10-20/h2-9,11H,12H2,1H3,(H,21,22,23). The second kappa shape index (κ2) is 7.32. The highest BCUT2D eigenvalue weighted by atomic mass is 16.5. The maximum atomic E-state index is 12.3. The summed E-state index contributed by atoms with van der Waals surface area (Å²) >= 11 is 0. The topological polar surface area (TPSA) is 88.1 Å². The Kier molecular flexibility index (Phi) is 4.77. The number of nitriles is 1. The molecule has 3 rings (SSSR count). The van der Waals surface area contributed by atoms with Gasteiger partial charge in [0.1, 0.15) is 18.2 Å². The van der Waals surface area contributed by atoms with Gasteiger partial charge >= 0.3 is 0 Å². The van der Waals surface area contributed by atoms with Gasteiger partial charge in [0.25, 0.3) is 5.91 Å². The molecule has 0 unspecified atom stereocenters. The van der Waals surface area contributed by atoms with E-state index in [0.29, 0.717) is 22.7 Å². The van der Waals surface area contributed by atoms with E-state index in [1.54, 1.807) is 42.6 Å². The summed E-state index contributed by atoms with van der Waals surface area (Å²) in [6.45, 7) is 2.07. The molecule has 2 heterocycles. The van der Waals surface area contributed by atoms with Gasteiger partial charge in [0.15, 0.2) is 5.76 Å². The van der Waals surface area contributed by atoms with Crippen LogP contribution in [0.2, 0.25) is 0 Å². The number of ether oxygens (including phenoxy) is 1. The molecule has 6 nitrogen and oxygen atoms in total. The molecular weight excluding hydrogens is 318 g/mol. The van der Waals surface area contributed by atoms with E-state index in [4.69, 9.17) is 14.4 Å². The zero-order valence-corrected chi connectivity index (χ0v) is 13.5. The van der Waals surface area contributed by atoms with Crippen molar-refractivity contribution in [2.45, 2.75) is 13.5 Å². The molecule has 25 heavy (non-hydrogen) atoms. The molecule has 124 valence electrons. The molecule has 0 bridgehead atoms. The maximum Gasteiger partial charge on any atom is 0.292 e. The van der Waals surface area contributed by atoms with Gasteiger partial charge in [0, 0.05) is 11.8 Å². The predicted octanol–water partition coefficient (Wildman–Crippen LogP) is 3.69. The Hall–Kier alpha value is -3.59. The van der Waals surface area contributed by atoms with Gasteiger partial charge in [-0.1, -0.05) is 12.1 Å². The molecule has 0 saturated heterocycles. The van der Waals surface area contributed by atoms with Crippen LogP contribution in [0.5, 0.6) is 5.75 Å². The summed E-state index contributed by atoms with van der Waals surface area (Å²) < 4.78 is 10.9. The maximum absolute atomic E-state index is 12.3. The van der Waals surface area contributed by atoms with Gasteiger partial charge < -0.3 is 14.5 Å². The number of aryl methyl sites for hydroxylation is 1. The Morgan fingerprint density at radius 3 is 2.96 bits per heavy atom. The van der Waals surface area contributed by atoms with Gasteiger partial charge in [-0.15, -0.1) is 0 Å². The number of hydrogen-bond donors (Lipinski definition) is 1. The molecule has 2 aromatic heterocycles. The molecule has 0 aliphatic rings. The Bertz CT molecular complexity index is 924. The average Bonchev–Trinajstić information content (AvgIpc) is 3.11. The summed E-state index contributed by atoms with van der Waals surface area (Å²) in [6.07, 6.45) is 3.10. The Morgan fingerprint density at radius 1 is 1.32 bits per heavy atom. The second-order valence-electron chi connectivity index (χ2n) is 5.38. The van der Waals surface area contributed by atoms with Crippen LogP contribution in [0, 0.1) is 18.3 Å². The monoisotopic (exact) mass is 333 g/mol. The fourth-order valence-corrected chi connectivity index (χ4v) is 2.18. The molecule has 0 fully saturated rings. The first-order valence-electron chi connectivity index (χ1n) is 7.59. The zero-order valence-electron chi connectivity index (χ0n) is 13.5. The first kappa shape index (κ1) is 16.3. The number of carbonyl (C=O) groups is 1. The smallest absolute Gasteiger partial charge is 0.292 e. The lowest BCUT2D eigenvalue weighted by molar-refractivity contribution is 0.0993. The Labute approximate surface area is 144 Å². The lowest BCUT2D eigenvalue weighted by Gasteiger charge is -2.07. The highest BCUT2D eigenvalue weighted by molar-refractivity contribution is 6.02. The van der Waals surface area contributed by atoms with E-state index in [-0.39, 0.29) is 12.4 Å². The van der Waals surface area contributed by atoms with Crippen LogP contribution in [0.1, 0.15) is 27.2 Å². The van der Waals surface area contributed by atoms with E-state index in [2.05, 4.69) is 16.4 Å². The SMILES string of the molecule is Cc1ccc(NC(=O)c2occc2COc2cccc(C#N)c2)nc1. The van der Waals surface area contributed by atoms with Crippen LogP contribution in [0.25, 0.3) is 0 Å². The van der Waals surface area contributed by atoms with Gasteiger partial charge in [-0.2, -0.15) is 5.26 Å². The van der Waals surface area contributed by atoms with Crippen molar-refractivity contribution in [3.63, 3.8) is 0 Å². The first-order valence-corrected chi connectivity index (χ1v) is 7.59. The van der Waals surface area contributed by atoms with E-state index in [9.17, 15) is 4.79 Å². The number of pyridine rings is 1. The molecule has 0 saturated carbocycles. The van der Waals surface area contributed by atoms with Gasteiger partial charge in [-0.25, -0.2) is 4.98 Å². The van der Waals surface area contributed by atoms with E-state index in [1.807, 2.05) is 13.0 Å². The summed E-state index contributed by atoms with van der Waals surface area (Å²) in [7, 11) is 0. The highest BCUT2D eigenvalue weighted by Gasteiger charge is 2.16. The van der Waals surface area contributed by atoms with Crippen LogP contribution in [0.4, 0.5) is 5.82 Å². The third kappa shape index (κ3) is 4.03. The molecule has 1 amide bonds. The van der Waals surface area contributed by atoms with Crippen LogP contribution >= 0.6 is 0 Å². The fourth-order valence-electron chi connectivity index (χ4n) is 2.18. The third-order valence-electron chi connectivity index (χ3n) is 3.46. The van der Waals surface area contributed by atoms with Crippen molar-refractivity contribution in [3.8, 4) is 11.8 Å². The van der Waals surface area contributed by atoms with Crippen molar-refractivity contribution < 1.29 is 13.9 Å². The summed E-state index contributed by atoms with van der Waals surface area (Å²) in [6, 6.07) is 14.1. The van der Waals surface area contributed by atoms with E-state index < -0.39 is 5.91 Å². The minimum Gasteiger partial charge on any atom is -0.489 e. The van der Waals surface area contributed by atoms with Crippen molar-refractivity contribution in [1.82, 2.24) is 4.98 Å². The van der Waals surface area contributed by atoms with Crippen LogP contribution in [-0.4, -0.2) is 10.9 Å². The average molecular weight is 333 g/mol. The summed E-state index contributed by atoms with van der Waals surface area (Å²) in [5.74, 6) is 0.761. The second-order valence-corrected chi connectivity index (χ2v) is 5.38. The number of benzene rings is 1. The molecule has 0 radical (unpaired) electrons. The molecular formula is C19H15N3O3. The fraction of sp³-hybridized carbons (Fsp3) is 0.105. The largest absolute Gasteiger partial charge is 0.489 e. The molecule has 1 aromatic carbocycles. The van der Waals surface area contributed by atoms with Gasteiger partial charge in [0.2, 0.25) is 0 Å². The number of rotatable bonds is 5. The minimum atomic E-state index is -0.397. The molecule has 6 heteroatoms. The Balaban J connectivity index is 1.68. The first-order chi connectivity index (χ1) is 12.2. The Morgan fingerprint density at radius 2 is 2.20 bits per heavy atom. The lowest BCUT2D eigenvalue weighted by atomic mass is 10.2. The number of nitrogens with zero attached hydrogens (tertiary/aromatic N) is 2. The normalized spacial score (nSPS) is 10.1. The van der Waals surface area contributed by atoms with Gasteiger partial charge in [-0.05, 0) is 42.8 Å². The lowest BCUT2D eigenvalue weighted by Crippen LogP contribution is -2.14. The minimum absolute atomic E-state index is 0.148. The van der Waals surface area contributed by atoms with Crippen molar-refractivity contribution >= 4 is 11.7 Å². The molecule has 3 aromatic rings. The van der Waals surface area contributed by atoms with Gasteiger partial charge in [-0.3, -0.25) is 4.79 Å². The number of carbonyl (C=O) groups excluding carboxylic acids is 1. The van der Waals surface area contributed by atoms with Crippen molar-refractivity contribution in [2.24, 2.45) is 0 Å². The van der Waals surface area contributed by atoms with Crippen molar-refractivity contribution in [3.05, 3.63) is 77.4 Å². The van der Waals surface area contributed by atoms with E-state index >= 15 is 0 Å². The number of anilines is 1.